The van der Waals surface area contributed by atoms with Gasteiger partial charge in [-0.2, -0.15) is 0 Å². The first-order valence-electron chi connectivity index (χ1n) is 8.55. The lowest BCUT2D eigenvalue weighted by Gasteiger charge is -2.27. The number of amides is 2. The quantitative estimate of drug-likeness (QED) is 0.567. The van der Waals surface area contributed by atoms with E-state index in [2.05, 4.69) is 37.9 Å². The van der Waals surface area contributed by atoms with E-state index in [1.807, 2.05) is 24.3 Å². The Kier molecular flexibility index (Phi) is 6.20. The second-order valence-corrected chi connectivity index (χ2v) is 6.94. The van der Waals surface area contributed by atoms with E-state index in [0.717, 1.165) is 25.3 Å². The minimum absolute atomic E-state index is 0.236. The number of nitrogens with zero attached hydrogens (tertiary/aromatic N) is 3. The van der Waals surface area contributed by atoms with E-state index in [0.29, 0.717) is 21.8 Å². The number of H-pyrrole nitrogens is 2. The average molecular weight is 394 g/mol. The Labute approximate surface area is 162 Å². The second kappa shape index (κ2) is 8.58. The van der Waals surface area contributed by atoms with Crippen LogP contribution in [0.1, 0.15) is 12.8 Å². The van der Waals surface area contributed by atoms with Gasteiger partial charge in [-0.1, -0.05) is 6.07 Å². The van der Waals surface area contributed by atoms with Gasteiger partial charge in [-0.15, -0.1) is 0 Å². The first-order valence-corrected chi connectivity index (χ1v) is 9.37. The van der Waals surface area contributed by atoms with E-state index in [9.17, 15) is 4.79 Å². The molecule has 2 aromatic rings. The first kappa shape index (κ1) is 18.8. The molecule has 2 heterocycles. The van der Waals surface area contributed by atoms with Gasteiger partial charge in [0.25, 0.3) is 0 Å². The average Bonchev–Trinajstić information content (AvgIpc) is 3.25. The first-order chi connectivity index (χ1) is 12.5. The number of likely N-dealkylation sites (N-methyl/N-ethyl adjacent to an activating group) is 1. The number of anilines is 1. The molecule has 1 saturated heterocycles. The van der Waals surface area contributed by atoms with Crippen LogP contribution in [0, 0.1) is 9.54 Å². The Morgan fingerprint density at radius 3 is 2.62 bits per heavy atom. The number of aromatic amines is 2. The highest BCUT2D eigenvalue weighted by atomic mass is 32.1. The van der Waals surface area contributed by atoms with Crippen molar-refractivity contribution < 1.29 is 4.79 Å². The summed E-state index contributed by atoms with van der Waals surface area (Å²) in [7, 11) is 2.05. The van der Waals surface area contributed by atoms with Gasteiger partial charge in [-0.05, 0) is 55.5 Å². The monoisotopic (exact) mass is 393 g/mol. The zero-order chi connectivity index (χ0) is 18.5. The summed E-state index contributed by atoms with van der Waals surface area (Å²) in [5, 5.41) is 15.8. The van der Waals surface area contributed by atoms with E-state index in [1.165, 1.54) is 12.8 Å². The molecule has 4 N–H and O–H groups in total. The molecule has 1 aromatic heterocycles. The molecule has 26 heavy (non-hydrogen) atoms. The zero-order valence-corrected chi connectivity index (χ0v) is 16.3. The fourth-order valence-electron chi connectivity index (χ4n) is 2.96. The van der Waals surface area contributed by atoms with Crippen LogP contribution in [0.3, 0.4) is 0 Å². The molecule has 1 fully saturated rings. The van der Waals surface area contributed by atoms with Crippen LogP contribution in [-0.2, 0) is 0 Å². The van der Waals surface area contributed by atoms with Gasteiger partial charge in [-0.25, -0.2) is 14.8 Å². The number of hydrogen-bond donors (Lipinski definition) is 4. The maximum Gasteiger partial charge on any atom is 0.319 e. The van der Waals surface area contributed by atoms with E-state index in [-0.39, 0.29) is 6.03 Å². The van der Waals surface area contributed by atoms with Crippen molar-refractivity contribution in [2.24, 2.45) is 0 Å². The van der Waals surface area contributed by atoms with Crippen LogP contribution in [0.4, 0.5) is 10.5 Å². The van der Waals surface area contributed by atoms with Crippen LogP contribution in [-0.4, -0.2) is 64.0 Å². The smallest absolute Gasteiger partial charge is 0.319 e. The third-order valence-electron chi connectivity index (χ3n) is 4.33. The van der Waals surface area contributed by atoms with Crippen LogP contribution in [0.25, 0.3) is 5.69 Å². The number of rotatable bonds is 6. The lowest BCUT2D eigenvalue weighted by Crippen LogP contribution is -2.43. The van der Waals surface area contributed by atoms with E-state index in [1.54, 1.807) is 4.57 Å². The number of nitrogens with one attached hydrogen (secondary N) is 4. The molecule has 0 spiro atoms. The molecule has 0 saturated carbocycles. The SMILES string of the molecule is CN(CCNC(=O)Nc1cccc(-n2c(=S)[nH][nH]c2=S)c1)N1CCCC1. The summed E-state index contributed by atoms with van der Waals surface area (Å²) < 4.78 is 2.64. The van der Waals surface area contributed by atoms with Crippen molar-refractivity contribution in [1.82, 2.24) is 30.1 Å². The Morgan fingerprint density at radius 2 is 1.92 bits per heavy atom. The molecule has 1 aliphatic heterocycles. The van der Waals surface area contributed by atoms with Crippen LogP contribution < -0.4 is 10.6 Å². The summed E-state index contributed by atoms with van der Waals surface area (Å²) in [5.41, 5.74) is 1.45. The number of benzene rings is 1. The standard InChI is InChI=1S/C16H23N7OS2/c1-21(22-8-2-3-9-22)10-7-17-14(24)18-12-5-4-6-13(11-12)23-15(25)19-20-16(23)26/h4-6,11H,2-3,7-10H2,1H3,(H,19,25)(H,20,26)(H2,17,18,24). The summed E-state index contributed by atoms with van der Waals surface area (Å²) in [6, 6.07) is 7.13. The molecular formula is C16H23N7OS2. The number of urea groups is 1. The Balaban J connectivity index is 1.54. The Hall–Kier alpha value is -2.01. The number of carbonyl (C=O) groups is 1. The molecular weight excluding hydrogens is 370 g/mol. The van der Waals surface area contributed by atoms with Crippen molar-refractivity contribution in [2.75, 3.05) is 38.5 Å². The molecule has 0 atom stereocenters. The van der Waals surface area contributed by atoms with Crippen LogP contribution in [0.2, 0.25) is 0 Å². The third-order valence-corrected chi connectivity index (χ3v) is 4.90. The minimum atomic E-state index is -0.236. The van der Waals surface area contributed by atoms with Crippen LogP contribution >= 0.6 is 24.4 Å². The van der Waals surface area contributed by atoms with Gasteiger partial charge in [-0.3, -0.25) is 14.8 Å². The zero-order valence-electron chi connectivity index (χ0n) is 14.6. The highest BCUT2D eigenvalue weighted by Gasteiger charge is 2.15. The molecule has 1 aliphatic rings. The fraction of sp³-hybridized carbons (Fsp3) is 0.438. The van der Waals surface area contributed by atoms with Crippen molar-refractivity contribution >= 4 is 36.2 Å². The van der Waals surface area contributed by atoms with Crippen molar-refractivity contribution in [3.05, 3.63) is 33.8 Å². The summed E-state index contributed by atoms with van der Waals surface area (Å²) in [6.45, 7) is 3.55. The second-order valence-electron chi connectivity index (χ2n) is 6.17. The van der Waals surface area contributed by atoms with Gasteiger partial charge in [0.15, 0.2) is 9.54 Å². The summed E-state index contributed by atoms with van der Waals surface area (Å²) in [6.07, 6.45) is 2.48. The lowest BCUT2D eigenvalue weighted by molar-refractivity contribution is 0.0266. The van der Waals surface area contributed by atoms with Crippen LogP contribution in [0.5, 0.6) is 0 Å². The van der Waals surface area contributed by atoms with Gasteiger partial charge >= 0.3 is 6.03 Å². The summed E-state index contributed by atoms with van der Waals surface area (Å²) >= 11 is 10.4. The molecule has 0 radical (unpaired) electrons. The van der Waals surface area contributed by atoms with Crippen molar-refractivity contribution in [1.29, 1.82) is 0 Å². The van der Waals surface area contributed by atoms with Gasteiger partial charge < -0.3 is 10.6 Å². The molecule has 0 bridgehead atoms. The molecule has 0 aliphatic carbocycles. The molecule has 0 unspecified atom stereocenters. The largest absolute Gasteiger partial charge is 0.337 e. The van der Waals surface area contributed by atoms with E-state index < -0.39 is 0 Å². The van der Waals surface area contributed by atoms with E-state index in [4.69, 9.17) is 24.4 Å². The predicted molar refractivity (Wildman–Crippen MR) is 107 cm³/mol. The number of carbonyl (C=O) groups excluding carboxylic acids is 1. The number of hydrazine groups is 1. The normalized spacial score (nSPS) is 14.7. The van der Waals surface area contributed by atoms with Gasteiger partial charge in [0, 0.05) is 38.9 Å². The highest BCUT2D eigenvalue weighted by molar-refractivity contribution is 7.72. The summed E-state index contributed by atoms with van der Waals surface area (Å²) in [5.74, 6) is 0. The van der Waals surface area contributed by atoms with E-state index >= 15 is 0 Å². The number of hydrogen-bond acceptors (Lipinski definition) is 5. The third kappa shape index (κ3) is 4.58. The maximum absolute atomic E-state index is 12.1. The Morgan fingerprint density at radius 1 is 1.23 bits per heavy atom. The van der Waals surface area contributed by atoms with Crippen molar-refractivity contribution in [3.63, 3.8) is 0 Å². The molecule has 10 heteroatoms. The van der Waals surface area contributed by atoms with Crippen molar-refractivity contribution in [3.8, 4) is 5.69 Å². The topological polar surface area (TPSA) is 84.1 Å². The van der Waals surface area contributed by atoms with Gasteiger partial charge in [0.2, 0.25) is 0 Å². The molecule has 1 aromatic carbocycles. The molecule has 2 amide bonds. The van der Waals surface area contributed by atoms with Gasteiger partial charge in [0.1, 0.15) is 0 Å². The minimum Gasteiger partial charge on any atom is -0.337 e. The highest BCUT2D eigenvalue weighted by Crippen LogP contribution is 2.15. The molecule has 140 valence electrons. The lowest BCUT2D eigenvalue weighted by atomic mass is 10.3. The van der Waals surface area contributed by atoms with Gasteiger partial charge in [0.05, 0.1) is 5.69 Å². The maximum atomic E-state index is 12.1. The summed E-state index contributed by atoms with van der Waals surface area (Å²) in [4.78, 5) is 12.1. The molecule has 3 rings (SSSR count). The predicted octanol–water partition coefficient (Wildman–Crippen LogP) is 2.66. The van der Waals surface area contributed by atoms with Crippen molar-refractivity contribution in [2.45, 2.75) is 12.8 Å². The Bertz CT molecular complexity index is 838. The number of aromatic nitrogens is 3. The molecule has 8 nitrogen and oxygen atoms in total. The fourth-order valence-corrected chi connectivity index (χ4v) is 3.51. The van der Waals surface area contributed by atoms with Crippen LogP contribution in [0.15, 0.2) is 24.3 Å².